The molecule has 1 aromatic carbocycles. The first kappa shape index (κ1) is 30.8. The minimum Gasteiger partial charge on any atom is -0.441 e. The van der Waals surface area contributed by atoms with Gasteiger partial charge in [-0.25, -0.2) is 4.79 Å². The highest BCUT2D eigenvalue weighted by Gasteiger charge is 2.44. The standard InChI is InChI=1S/C29H36F3N3O3/c1-5-10-24(22(4)19-34-26(6-2)29(30,31)32)11-8-9-17-33-18-16-28(7-3)21-35(27(37)38-28)25-14-12-23(20-36)13-15-25/h6,8,10-15,19-20,33H,4-5,7,9,16-18,21H2,1-3H3/b11-8-,24-10+,26-6-,34-19?. The number of alkyl halides is 3. The zero-order valence-corrected chi connectivity index (χ0v) is 22.2. The average Bonchev–Trinajstić information content (AvgIpc) is 3.23. The summed E-state index contributed by atoms with van der Waals surface area (Å²) in [5.41, 5.74) is 0.798. The monoisotopic (exact) mass is 531 g/mol. The topological polar surface area (TPSA) is 71.0 Å². The van der Waals surface area contributed by atoms with Crippen molar-refractivity contribution >= 4 is 24.3 Å². The number of ether oxygens (including phenoxy) is 1. The Bertz CT molecular complexity index is 1090. The molecule has 1 aliphatic rings. The van der Waals surface area contributed by atoms with Crippen LogP contribution in [0.4, 0.5) is 23.7 Å². The Morgan fingerprint density at radius 3 is 2.53 bits per heavy atom. The van der Waals surface area contributed by atoms with E-state index in [-0.39, 0.29) is 0 Å². The molecule has 1 atom stereocenters. The summed E-state index contributed by atoms with van der Waals surface area (Å²) in [7, 11) is 0. The van der Waals surface area contributed by atoms with Crippen molar-refractivity contribution in [2.75, 3.05) is 24.5 Å². The minimum atomic E-state index is -4.50. The van der Waals surface area contributed by atoms with Crippen LogP contribution in [0.5, 0.6) is 0 Å². The van der Waals surface area contributed by atoms with Crippen molar-refractivity contribution in [2.45, 2.75) is 58.2 Å². The number of aliphatic imine (C=N–C) groups is 1. The quantitative estimate of drug-likeness (QED) is 0.122. The number of amides is 1. The first-order chi connectivity index (χ1) is 18.1. The first-order valence-electron chi connectivity index (χ1n) is 12.7. The third kappa shape index (κ3) is 8.83. The lowest BCUT2D eigenvalue weighted by Gasteiger charge is -2.25. The van der Waals surface area contributed by atoms with Crippen molar-refractivity contribution in [1.29, 1.82) is 0 Å². The van der Waals surface area contributed by atoms with Crippen molar-refractivity contribution < 1.29 is 27.5 Å². The molecular formula is C29H36F3N3O3. The second-order valence-electron chi connectivity index (χ2n) is 8.91. The number of benzene rings is 1. The largest absolute Gasteiger partial charge is 0.441 e. The molecule has 1 amide bonds. The van der Waals surface area contributed by atoms with E-state index >= 15 is 0 Å². The molecule has 1 heterocycles. The predicted octanol–water partition coefficient (Wildman–Crippen LogP) is 6.96. The van der Waals surface area contributed by atoms with Gasteiger partial charge in [-0.2, -0.15) is 13.2 Å². The second kappa shape index (κ2) is 14.5. The molecule has 38 heavy (non-hydrogen) atoms. The third-order valence-corrected chi connectivity index (χ3v) is 6.22. The summed E-state index contributed by atoms with van der Waals surface area (Å²) in [6.07, 6.45) is 6.29. The number of nitrogens with one attached hydrogen (secondary N) is 1. The number of hydrogen-bond acceptors (Lipinski definition) is 5. The van der Waals surface area contributed by atoms with Crippen molar-refractivity contribution in [3.8, 4) is 0 Å². The fraction of sp³-hybridized carbons (Fsp3) is 0.414. The maximum atomic E-state index is 12.9. The molecule has 0 radical (unpaired) electrons. The van der Waals surface area contributed by atoms with Crippen LogP contribution in [-0.4, -0.2) is 50.0 Å². The number of cyclic esters (lactones) is 1. The van der Waals surface area contributed by atoms with Gasteiger partial charge in [0, 0.05) is 23.9 Å². The van der Waals surface area contributed by atoms with E-state index in [4.69, 9.17) is 4.74 Å². The fourth-order valence-corrected chi connectivity index (χ4v) is 3.94. The van der Waals surface area contributed by atoms with Gasteiger partial charge in [-0.1, -0.05) is 44.7 Å². The molecule has 0 saturated carbocycles. The maximum Gasteiger partial charge on any atom is 0.433 e. The first-order valence-corrected chi connectivity index (χ1v) is 12.7. The Kier molecular flexibility index (Phi) is 11.7. The second-order valence-corrected chi connectivity index (χ2v) is 8.91. The van der Waals surface area contributed by atoms with Gasteiger partial charge >= 0.3 is 12.3 Å². The number of nitrogens with zero attached hydrogens (tertiary/aromatic N) is 2. The van der Waals surface area contributed by atoms with E-state index in [1.54, 1.807) is 29.2 Å². The SMILES string of the molecule is C=C(C=N/C(=C\C)C(F)(F)F)C(/C=C\CCNCCC1(CC)CN(c2ccc(C=O)cc2)C(=O)O1)=C/CC. The van der Waals surface area contributed by atoms with Crippen molar-refractivity contribution in [3.63, 3.8) is 0 Å². The number of anilines is 1. The van der Waals surface area contributed by atoms with Crippen LogP contribution in [0.25, 0.3) is 0 Å². The minimum absolute atomic E-state index is 0.399. The average molecular weight is 532 g/mol. The molecule has 2 rings (SSSR count). The van der Waals surface area contributed by atoms with Crippen molar-refractivity contribution in [3.05, 3.63) is 77.6 Å². The van der Waals surface area contributed by atoms with E-state index in [9.17, 15) is 22.8 Å². The number of halogens is 3. The van der Waals surface area contributed by atoms with Gasteiger partial charge in [-0.05, 0) is 74.7 Å². The highest BCUT2D eigenvalue weighted by Crippen LogP contribution is 2.33. The lowest BCUT2D eigenvalue weighted by molar-refractivity contribution is -0.0923. The van der Waals surface area contributed by atoms with E-state index in [1.165, 1.54) is 6.92 Å². The molecule has 1 fully saturated rings. The van der Waals surface area contributed by atoms with Crippen LogP contribution in [0.1, 0.15) is 56.8 Å². The Balaban J connectivity index is 1.84. The lowest BCUT2D eigenvalue weighted by Crippen LogP contribution is -2.37. The molecular weight excluding hydrogens is 495 g/mol. The zero-order chi connectivity index (χ0) is 28.2. The smallest absolute Gasteiger partial charge is 0.433 e. The van der Waals surface area contributed by atoms with Gasteiger partial charge in [0.25, 0.3) is 0 Å². The van der Waals surface area contributed by atoms with E-state index in [2.05, 4.69) is 16.9 Å². The fourth-order valence-electron chi connectivity index (χ4n) is 3.94. The van der Waals surface area contributed by atoms with Gasteiger partial charge in [0.1, 0.15) is 17.6 Å². The number of allylic oxidation sites excluding steroid dienone is 6. The zero-order valence-electron chi connectivity index (χ0n) is 22.2. The normalized spacial score (nSPS) is 19.0. The van der Waals surface area contributed by atoms with Crippen LogP contribution < -0.4 is 10.2 Å². The maximum absolute atomic E-state index is 12.9. The molecule has 0 aliphatic carbocycles. The van der Waals surface area contributed by atoms with Crippen LogP contribution in [0, 0.1) is 0 Å². The summed E-state index contributed by atoms with van der Waals surface area (Å²) >= 11 is 0. The van der Waals surface area contributed by atoms with Crippen molar-refractivity contribution in [2.24, 2.45) is 4.99 Å². The van der Waals surface area contributed by atoms with E-state index in [0.29, 0.717) is 62.1 Å². The number of carbonyl (C=O) groups is 2. The summed E-state index contributed by atoms with van der Waals surface area (Å²) in [4.78, 5) is 28.5. The molecule has 0 spiro atoms. The summed E-state index contributed by atoms with van der Waals surface area (Å²) in [6.45, 7) is 10.8. The number of hydrogen-bond donors (Lipinski definition) is 1. The molecule has 1 aromatic rings. The van der Waals surface area contributed by atoms with Gasteiger partial charge in [-0.3, -0.25) is 14.7 Å². The van der Waals surface area contributed by atoms with Crippen LogP contribution in [0.2, 0.25) is 0 Å². The lowest BCUT2D eigenvalue weighted by atomic mass is 9.96. The number of rotatable bonds is 14. The Morgan fingerprint density at radius 2 is 1.95 bits per heavy atom. The van der Waals surface area contributed by atoms with Gasteiger partial charge in [0.05, 0.1) is 6.54 Å². The number of aldehydes is 1. The van der Waals surface area contributed by atoms with Crippen LogP contribution in [0.3, 0.4) is 0 Å². The van der Waals surface area contributed by atoms with Crippen LogP contribution in [-0.2, 0) is 4.74 Å². The van der Waals surface area contributed by atoms with Gasteiger partial charge < -0.3 is 10.1 Å². The van der Waals surface area contributed by atoms with Gasteiger partial charge in [0.15, 0.2) is 0 Å². The summed E-state index contributed by atoms with van der Waals surface area (Å²) < 4.78 is 44.4. The molecule has 6 nitrogen and oxygen atoms in total. The Morgan fingerprint density at radius 1 is 1.24 bits per heavy atom. The third-order valence-electron chi connectivity index (χ3n) is 6.22. The summed E-state index contributed by atoms with van der Waals surface area (Å²) in [6, 6.07) is 6.81. The molecule has 9 heteroatoms. The Hall–Kier alpha value is -3.46. The van der Waals surface area contributed by atoms with Crippen molar-refractivity contribution in [1.82, 2.24) is 5.32 Å². The highest BCUT2D eigenvalue weighted by atomic mass is 19.4. The summed E-state index contributed by atoms with van der Waals surface area (Å²) in [5.74, 6) is 0. The van der Waals surface area contributed by atoms with E-state index in [1.807, 2.05) is 32.1 Å². The van der Waals surface area contributed by atoms with Gasteiger partial charge in [0.2, 0.25) is 0 Å². The number of carbonyl (C=O) groups excluding carboxylic acids is 2. The summed E-state index contributed by atoms with van der Waals surface area (Å²) in [5, 5.41) is 3.35. The molecule has 1 aliphatic heterocycles. The van der Waals surface area contributed by atoms with Crippen LogP contribution in [0.15, 0.2) is 77.0 Å². The molecule has 1 saturated heterocycles. The molecule has 1 unspecified atom stereocenters. The predicted molar refractivity (Wildman–Crippen MR) is 146 cm³/mol. The van der Waals surface area contributed by atoms with Gasteiger partial charge in [-0.15, -0.1) is 0 Å². The highest BCUT2D eigenvalue weighted by molar-refractivity contribution is 5.91. The molecule has 1 N–H and O–H groups in total. The van der Waals surface area contributed by atoms with Crippen LogP contribution >= 0.6 is 0 Å². The molecule has 206 valence electrons. The van der Waals surface area contributed by atoms with E-state index < -0.39 is 23.6 Å². The Labute approximate surface area is 222 Å². The molecule has 0 aromatic heterocycles. The van der Waals surface area contributed by atoms with E-state index in [0.717, 1.165) is 24.1 Å². The molecule has 0 bridgehead atoms.